The molecule has 0 aliphatic carbocycles. The van der Waals surface area contributed by atoms with Gasteiger partial charge in [-0.15, -0.1) is 0 Å². The van der Waals surface area contributed by atoms with Gasteiger partial charge >= 0.3 is 0 Å². The first-order valence-electron chi connectivity index (χ1n) is 2.75. The van der Waals surface area contributed by atoms with Gasteiger partial charge in [0.05, 0.1) is 10.7 Å². The Morgan fingerprint density at radius 2 is 2.36 bits per heavy atom. The molecule has 1 aromatic heterocycles. The molecular formula is C6H5BrN2O2. The third-order valence-electron chi connectivity index (χ3n) is 1.06. The lowest BCUT2D eigenvalue weighted by atomic mass is 10.3. The molecule has 0 unspecified atom stereocenters. The highest BCUT2D eigenvalue weighted by Crippen LogP contribution is 2.18. The van der Waals surface area contributed by atoms with Crippen LogP contribution in [0.1, 0.15) is 10.5 Å². The molecule has 0 aromatic carbocycles. The van der Waals surface area contributed by atoms with E-state index in [1.54, 1.807) is 0 Å². The number of hydrogen-bond donors (Lipinski definition) is 2. The second kappa shape index (κ2) is 2.87. The minimum Gasteiger partial charge on any atom is -0.506 e. The van der Waals surface area contributed by atoms with Gasteiger partial charge in [-0.25, -0.2) is 4.98 Å². The Morgan fingerprint density at radius 3 is 2.82 bits per heavy atom. The summed E-state index contributed by atoms with van der Waals surface area (Å²) < 4.78 is 0.394. The maximum atomic E-state index is 10.6. The van der Waals surface area contributed by atoms with E-state index in [1.165, 1.54) is 6.07 Å². The zero-order valence-corrected chi connectivity index (χ0v) is 7.00. The van der Waals surface area contributed by atoms with Crippen LogP contribution in [-0.2, 0) is 0 Å². The van der Waals surface area contributed by atoms with Crippen molar-refractivity contribution >= 4 is 21.8 Å². The molecule has 58 valence electrons. The van der Waals surface area contributed by atoms with E-state index in [0.717, 1.165) is 6.20 Å². The number of nitrogens with zero attached hydrogens (tertiary/aromatic N) is 1. The average molecular weight is 217 g/mol. The molecule has 0 saturated carbocycles. The molecule has 1 amide bonds. The summed E-state index contributed by atoms with van der Waals surface area (Å²) in [4.78, 5) is 14.2. The number of amides is 1. The molecule has 1 heterocycles. The topological polar surface area (TPSA) is 76.2 Å². The van der Waals surface area contributed by atoms with Crippen LogP contribution in [0.5, 0.6) is 5.75 Å². The number of primary amides is 1. The largest absolute Gasteiger partial charge is 0.506 e. The number of aromatic hydroxyl groups is 1. The lowest BCUT2D eigenvalue weighted by Gasteiger charge is -1.97. The Labute approximate surface area is 71.2 Å². The van der Waals surface area contributed by atoms with Crippen molar-refractivity contribution in [2.24, 2.45) is 5.73 Å². The number of aromatic nitrogens is 1. The van der Waals surface area contributed by atoms with Crippen molar-refractivity contribution in [3.63, 3.8) is 0 Å². The standard InChI is InChI=1S/C6H5BrN2O2/c7-4-1-3(10)2-9-5(4)6(8)11/h1-2,10H,(H2,8,11). The van der Waals surface area contributed by atoms with Crippen LogP contribution in [0, 0.1) is 0 Å². The molecule has 0 spiro atoms. The molecule has 1 aromatic rings. The van der Waals surface area contributed by atoms with Gasteiger partial charge in [0.25, 0.3) is 5.91 Å². The fraction of sp³-hybridized carbons (Fsp3) is 0. The summed E-state index contributed by atoms with van der Waals surface area (Å²) in [5, 5.41) is 8.87. The van der Waals surface area contributed by atoms with Gasteiger partial charge in [0.2, 0.25) is 0 Å². The van der Waals surface area contributed by atoms with Crippen LogP contribution in [-0.4, -0.2) is 16.0 Å². The van der Waals surface area contributed by atoms with Crippen molar-refractivity contribution in [2.75, 3.05) is 0 Å². The Hall–Kier alpha value is -1.10. The Balaban J connectivity index is 3.20. The van der Waals surface area contributed by atoms with Gasteiger partial charge in [-0.05, 0) is 22.0 Å². The molecule has 5 heteroatoms. The first kappa shape index (κ1) is 8.00. The molecule has 0 bridgehead atoms. The second-order valence-corrected chi connectivity index (χ2v) is 2.74. The molecule has 4 nitrogen and oxygen atoms in total. The van der Waals surface area contributed by atoms with E-state index < -0.39 is 5.91 Å². The van der Waals surface area contributed by atoms with Crippen molar-refractivity contribution < 1.29 is 9.90 Å². The first-order valence-corrected chi connectivity index (χ1v) is 3.55. The summed E-state index contributed by atoms with van der Waals surface area (Å²) in [5.41, 5.74) is 5.07. The molecule has 0 aliphatic heterocycles. The number of halogens is 1. The van der Waals surface area contributed by atoms with Crippen LogP contribution in [0.4, 0.5) is 0 Å². The van der Waals surface area contributed by atoms with Crippen LogP contribution in [0.2, 0.25) is 0 Å². The SMILES string of the molecule is NC(=O)c1ncc(O)cc1Br. The number of nitrogens with two attached hydrogens (primary N) is 1. The highest BCUT2D eigenvalue weighted by atomic mass is 79.9. The van der Waals surface area contributed by atoms with E-state index in [0.29, 0.717) is 4.47 Å². The molecule has 0 radical (unpaired) electrons. The van der Waals surface area contributed by atoms with Crippen molar-refractivity contribution in [3.05, 3.63) is 22.4 Å². The minimum absolute atomic E-state index is 0.0122. The van der Waals surface area contributed by atoms with E-state index >= 15 is 0 Å². The lowest BCUT2D eigenvalue weighted by molar-refractivity contribution is 0.0995. The van der Waals surface area contributed by atoms with Crippen molar-refractivity contribution in [3.8, 4) is 5.75 Å². The van der Waals surface area contributed by atoms with E-state index in [2.05, 4.69) is 20.9 Å². The zero-order chi connectivity index (χ0) is 8.43. The van der Waals surface area contributed by atoms with Gasteiger partial charge in [-0.2, -0.15) is 0 Å². The van der Waals surface area contributed by atoms with E-state index in [4.69, 9.17) is 10.8 Å². The molecule has 1 rings (SSSR count). The molecule has 0 aliphatic rings. The highest BCUT2D eigenvalue weighted by Gasteiger charge is 2.07. The molecular weight excluding hydrogens is 212 g/mol. The predicted molar refractivity (Wildman–Crippen MR) is 42.1 cm³/mol. The maximum Gasteiger partial charge on any atom is 0.268 e. The van der Waals surface area contributed by atoms with Crippen LogP contribution in [0.3, 0.4) is 0 Å². The maximum absolute atomic E-state index is 10.6. The van der Waals surface area contributed by atoms with E-state index in [9.17, 15) is 4.79 Å². The Bertz CT molecular complexity index is 301. The average Bonchev–Trinajstić information content (AvgIpc) is 1.85. The van der Waals surface area contributed by atoms with E-state index in [-0.39, 0.29) is 11.4 Å². The molecule has 0 saturated heterocycles. The first-order chi connectivity index (χ1) is 5.11. The summed E-state index contributed by atoms with van der Waals surface area (Å²) in [6.45, 7) is 0. The Morgan fingerprint density at radius 1 is 1.73 bits per heavy atom. The number of carbonyl (C=O) groups is 1. The molecule has 3 N–H and O–H groups in total. The van der Waals surface area contributed by atoms with Gasteiger partial charge in [0.15, 0.2) is 0 Å². The zero-order valence-electron chi connectivity index (χ0n) is 5.41. The molecule has 0 atom stereocenters. The highest BCUT2D eigenvalue weighted by molar-refractivity contribution is 9.10. The number of pyridine rings is 1. The second-order valence-electron chi connectivity index (χ2n) is 1.89. The van der Waals surface area contributed by atoms with Crippen molar-refractivity contribution in [2.45, 2.75) is 0 Å². The number of hydrogen-bond acceptors (Lipinski definition) is 3. The molecule has 0 fully saturated rings. The smallest absolute Gasteiger partial charge is 0.268 e. The summed E-state index contributed by atoms with van der Waals surface area (Å²) >= 11 is 3.02. The fourth-order valence-corrected chi connectivity index (χ4v) is 1.14. The van der Waals surface area contributed by atoms with Gasteiger partial charge in [-0.1, -0.05) is 0 Å². The summed E-state index contributed by atoms with van der Waals surface area (Å²) in [5.74, 6) is -0.640. The van der Waals surface area contributed by atoms with E-state index in [1.807, 2.05) is 0 Å². The van der Waals surface area contributed by atoms with Gasteiger partial charge < -0.3 is 10.8 Å². The minimum atomic E-state index is -0.628. The predicted octanol–water partition coefficient (Wildman–Crippen LogP) is 0.649. The summed E-state index contributed by atoms with van der Waals surface area (Å²) in [6.07, 6.45) is 1.16. The Kier molecular flexibility index (Phi) is 2.09. The van der Waals surface area contributed by atoms with Crippen molar-refractivity contribution in [1.82, 2.24) is 4.98 Å². The normalized spacial score (nSPS) is 9.55. The van der Waals surface area contributed by atoms with Gasteiger partial charge in [0, 0.05) is 0 Å². The summed E-state index contributed by atoms with van der Waals surface area (Å²) in [6, 6.07) is 1.35. The monoisotopic (exact) mass is 216 g/mol. The third kappa shape index (κ3) is 1.68. The third-order valence-corrected chi connectivity index (χ3v) is 1.66. The van der Waals surface area contributed by atoms with Gasteiger partial charge in [0.1, 0.15) is 11.4 Å². The number of rotatable bonds is 1. The fourth-order valence-electron chi connectivity index (χ4n) is 0.609. The molecule has 11 heavy (non-hydrogen) atoms. The quantitative estimate of drug-likeness (QED) is 0.724. The van der Waals surface area contributed by atoms with Gasteiger partial charge in [-0.3, -0.25) is 4.79 Å². The number of carbonyl (C=O) groups excluding carboxylic acids is 1. The van der Waals surface area contributed by atoms with Crippen molar-refractivity contribution in [1.29, 1.82) is 0 Å². The van der Waals surface area contributed by atoms with Crippen LogP contribution >= 0.6 is 15.9 Å². The van der Waals surface area contributed by atoms with Crippen LogP contribution < -0.4 is 5.73 Å². The lowest BCUT2D eigenvalue weighted by Crippen LogP contribution is -2.13. The van der Waals surface area contributed by atoms with Crippen LogP contribution in [0.15, 0.2) is 16.7 Å². The van der Waals surface area contributed by atoms with Crippen LogP contribution in [0.25, 0.3) is 0 Å². The summed E-state index contributed by atoms with van der Waals surface area (Å²) in [7, 11) is 0.